The lowest BCUT2D eigenvalue weighted by Crippen LogP contribution is -2.35. The highest BCUT2D eigenvalue weighted by atomic mass is 79.9. The first-order valence-electron chi connectivity index (χ1n) is 7.10. The second kappa shape index (κ2) is 7.30. The van der Waals surface area contributed by atoms with Crippen molar-refractivity contribution in [2.45, 2.75) is 46.7 Å². The second-order valence-corrected chi connectivity index (χ2v) is 6.77. The molecule has 0 radical (unpaired) electrons. The maximum Gasteiger partial charge on any atom is 0.0417 e. The first-order valence-corrected chi connectivity index (χ1v) is 7.89. The van der Waals surface area contributed by atoms with Crippen LogP contribution in [0.4, 0.5) is 5.69 Å². The minimum Gasteiger partial charge on any atom is -0.369 e. The number of nitrogens with zero attached hydrogens (tertiary/aromatic N) is 1. The van der Waals surface area contributed by atoms with Crippen molar-refractivity contribution >= 4 is 21.6 Å². The van der Waals surface area contributed by atoms with Crippen molar-refractivity contribution in [3.8, 4) is 0 Å². The van der Waals surface area contributed by atoms with Crippen molar-refractivity contribution in [3.63, 3.8) is 0 Å². The molecule has 0 saturated carbocycles. The fourth-order valence-corrected chi connectivity index (χ4v) is 2.65. The van der Waals surface area contributed by atoms with E-state index in [1.54, 1.807) is 0 Å². The van der Waals surface area contributed by atoms with Gasteiger partial charge in [0.2, 0.25) is 0 Å². The van der Waals surface area contributed by atoms with Gasteiger partial charge in [0.15, 0.2) is 0 Å². The van der Waals surface area contributed by atoms with Crippen molar-refractivity contribution in [2.24, 2.45) is 5.92 Å². The maximum absolute atomic E-state index is 3.58. The van der Waals surface area contributed by atoms with Gasteiger partial charge < -0.3 is 10.2 Å². The van der Waals surface area contributed by atoms with Crippen molar-refractivity contribution < 1.29 is 0 Å². The monoisotopic (exact) mass is 326 g/mol. The average Bonchev–Trinajstić information content (AvgIpc) is 2.34. The van der Waals surface area contributed by atoms with Crippen LogP contribution in [0, 0.1) is 5.92 Å². The van der Waals surface area contributed by atoms with Gasteiger partial charge in [-0.25, -0.2) is 0 Å². The quantitative estimate of drug-likeness (QED) is 0.821. The van der Waals surface area contributed by atoms with Crippen LogP contribution in [0.1, 0.15) is 46.2 Å². The molecule has 1 N–H and O–H groups in total. The molecule has 0 bridgehead atoms. The van der Waals surface area contributed by atoms with Gasteiger partial charge in [-0.15, -0.1) is 0 Å². The number of anilines is 1. The van der Waals surface area contributed by atoms with Crippen LogP contribution < -0.4 is 10.2 Å². The summed E-state index contributed by atoms with van der Waals surface area (Å²) in [7, 11) is 2.01. The molecule has 1 aromatic carbocycles. The molecule has 108 valence electrons. The topological polar surface area (TPSA) is 15.3 Å². The van der Waals surface area contributed by atoms with Crippen LogP contribution in [0.25, 0.3) is 0 Å². The summed E-state index contributed by atoms with van der Waals surface area (Å²) >= 11 is 3.58. The molecule has 0 aliphatic carbocycles. The largest absolute Gasteiger partial charge is 0.369 e. The minimum absolute atomic E-state index is 0.348. The fraction of sp³-hybridized carbons (Fsp3) is 0.625. The molecule has 0 spiro atoms. The van der Waals surface area contributed by atoms with E-state index in [1.807, 2.05) is 7.05 Å². The summed E-state index contributed by atoms with van der Waals surface area (Å²) in [6.45, 7) is 12.4. The molecule has 1 unspecified atom stereocenters. The molecule has 0 heterocycles. The molecule has 1 aromatic rings. The zero-order chi connectivity index (χ0) is 14.6. The summed E-state index contributed by atoms with van der Waals surface area (Å²) < 4.78 is 1.14. The molecule has 1 rings (SSSR count). The van der Waals surface area contributed by atoms with E-state index in [0.717, 1.165) is 11.0 Å². The van der Waals surface area contributed by atoms with Gasteiger partial charge in [-0.2, -0.15) is 0 Å². The van der Waals surface area contributed by atoms with Crippen LogP contribution in [-0.2, 0) is 0 Å². The molecule has 0 aliphatic rings. The van der Waals surface area contributed by atoms with Gasteiger partial charge in [0, 0.05) is 28.8 Å². The lowest BCUT2D eigenvalue weighted by Gasteiger charge is -2.34. The third-order valence-corrected chi connectivity index (χ3v) is 3.88. The third kappa shape index (κ3) is 4.50. The van der Waals surface area contributed by atoms with Crippen molar-refractivity contribution in [1.82, 2.24) is 5.32 Å². The Labute approximate surface area is 126 Å². The van der Waals surface area contributed by atoms with E-state index in [9.17, 15) is 0 Å². The van der Waals surface area contributed by atoms with Gasteiger partial charge in [0.25, 0.3) is 0 Å². The highest BCUT2D eigenvalue weighted by Crippen LogP contribution is 2.31. The number of hydrogen-bond acceptors (Lipinski definition) is 2. The number of nitrogens with one attached hydrogen (secondary N) is 1. The summed E-state index contributed by atoms with van der Waals surface area (Å²) in [5.41, 5.74) is 2.69. The molecule has 1 atom stereocenters. The molecule has 0 saturated heterocycles. The minimum atomic E-state index is 0.348. The van der Waals surface area contributed by atoms with Crippen LogP contribution in [0.15, 0.2) is 22.7 Å². The number of hydrogen-bond donors (Lipinski definition) is 1. The highest BCUT2D eigenvalue weighted by Gasteiger charge is 2.18. The summed E-state index contributed by atoms with van der Waals surface area (Å²) in [6, 6.07) is 7.45. The fourth-order valence-electron chi connectivity index (χ4n) is 2.27. The van der Waals surface area contributed by atoms with Crippen molar-refractivity contribution in [2.75, 3.05) is 18.5 Å². The van der Waals surface area contributed by atoms with Crippen LogP contribution in [0.5, 0.6) is 0 Å². The maximum atomic E-state index is 3.58. The van der Waals surface area contributed by atoms with E-state index in [0.29, 0.717) is 18.0 Å². The zero-order valence-electron chi connectivity index (χ0n) is 13.0. The normalized spacial score (nSPS) is 13.1. The lowest BCUT2D eigenvalue weighted by atomic mass is 10.0. The summed E-state index contributed by atoms with van der Waals surface area (Å²) in [5.74, 6) is 0.656. The van der Waals surface area contributed by atoms with E-state index in [2.05, 4.69) is 79.0 Å². The van der Waals surface area contributed by atoms with E-state index in [4.69, 9.17) is 0 Å². The Morgan fingerprint density at radius 3 is 2.26 bits per heavy atom. The van der Waals surface area contributed by atoms with Crippen LogP contribution in [0.3, 0.4) is 0 Å². The van der Waals surface area contributed by atoms with Gasteiger partial charge in [-0.05, 0) is 57.5 Å². The van der Waals surface area contributed by atoms with Crippen LogP contribution >= 0.6 is 15.9 Å². The Bertz CT molecular complexity index is 402. The van der Waals surface area contributed by atoms with E-state index >= 15 is 0 Å². The SMILES string of the molecule is CNC(C)c1cc(Br)ccc1N(CC(C)C)C(C)C. The van der Waals surface area contributed by atoms with E-state index in [-0.39, 0.29) is 0 Å². The van der Waals surface area contributed by atoms with Crippen LogP contribution in [0.2, 0.25) is 0 Å². The van der Waals surface area contributed by atoms with Gasteiger partial charge >= 0.3 is 0 Å². The van der Waals surface area contributed by atoms with E-state index < -0.39 is 0 Å². The van der Waals surface area contributed by atoms with Crippen LogP contribution in [-0.4, -0.2) is 19.6 Å². The smallest absolute Gasteiger partial charge is 0.0417 e. The van der Waals surface area contributed by atoms with Gasteiger partial charge in [0.05, 0.1) is 0 Å². The summed E-state index contributed by atoms with van der Waals surface area (Å²) in [6.07, 6.45) is 0. The van der Waals surface area contributed by atoms with Gasteiger partial charge in [0.1, 0.15) is 0 Å². The molecule has 0 aromatic heterocycles. The van der Waals surface area contributed by atoms with Crippen molar-refractivity contribution in [3.05, 3.63) is 28.2 Å². The summed E-state index contributed by atoms with van der Waals surface area (Å²) in [5, 5.41) is 3.35. The Kier molecular flexibility index (Phi) is 6.34. The molecule has 0 fully saturated rings. The molecule has 19 heavy (non-hydrogen) atoms. The second-order valence-electron chi connectivity index (χ2n) is 5.85. The number of benzene rings is 1. The molecule has 0 amide bonds. The number of rotatable bonds is 6. The molecular formula is C16H27BrN2. The van der Waals surface area contributed by atoms with Crippen molar-refractivity contribution in [1.29, 1.82) is 0 Å². The molecular weight excluding hydrogens is 300 g/mol. The van der Waals surface area contributed by atoms with Gasteiger partial charge in [-0.3, -0.25) is 0 Å². The first kappa shape index (κ1) is 16.5. The lowest BCUT2D eigenvalue weighted by molar-refractivity contribution is 0.563. The Hall–Kier alpha value is -0.540. The first-order chi connectivity index (χ1) is 8.86. The molecule has 3 heteroatoms. The molecule has 0 aliphatic heterocycles. The Morgan fingerprint density at radius 2 is 1.79 bits per heavy atom. The number of halogens is 1. The van der Waals surface area contributed by atoms with Gasteiger partial charge in [-0.1, -0.05) is 29.8 Å². The average molecular weight is 327 g/mol. The summed E-state index contributed by atoms with van der Waals surface area (Å²) in [4.78, 5) is 2.50. The third-order valence-electron chi connectivity index (χ3n) is 3.38. The zero-order valence-corrected chi connectivity index (χ0v) is 14.6. The highest BCUT2D eigenvalue weighted by molar-refractivity contribution is 9.10. The standard InChI is InChI=1S/C16H27BrN2/c1-11(2)10-19(12(3)4)16-8-7-14(17)9-15(16)13(5)18-6/h7-9,11-13,18H,10H2,1-6H3. The predicted octanol–water partition coefficient (Wildman–Crippen LogP) is 4.60. The Balaban J connectivity index is 3.21. The van der Waals surface area contributed by atoms with E-state index in [1.165, 1.54) is 11.3 Å². The Morgan fingerprint density at radius 1 is 1.16 bits per heavy atom. The predicted molar refractivity (Wildman–Crippen MR) is 88.9 cm³/mol. The molecule has 2 nitrogen and oxygen atoms in total.